The number of rotatable bonds is 9. The summed E-state index contributed by atoms with van der Waals surface area (Å²) in [5, 5.41) is 2.45. The van der Waals surface area contributed by atoms with E-state index in [4.69, 9.17) is 0 Å². The minimum Gasteiger partial charge on any atom is -0.310 e. The Balaban J connectivity index is 0.914. The molecular formula is C71H54N2. The molecule has 1 fully saturated rings. The normalized spacial score (nSPS) is 14.1. The molecule has 0 bridgehead atoms. The van der Waals surface area contributed by atoms with E-state index in [-0.39, 0.29) is 0 Å². The number of fused-ring (bicyclic) bond motifs is 11. The van der Waals surface area contributed by atoms with Crippen LogP contribution in [0.3, 0.4) is 0 Å². The van der Waals surface area contributed by atoms with Crippen LogP contribution in [0.2, 0.25) is 0 Å². The van der Waals surface area contributed by atoms with Gasteiger partial charge in [-0.15, -0.1) is 0 Å². The average molecular weight is 935 g/mol. The van der Waals surface area contributed by atoms with Gasteiger partial charge in [0.25, 0.3) is 0 Å². The van der Waals surface area contributed by atoms with Crippen molar-refractivity contribution in [3.05, 3.63) is 289 Å². The molecule has 0 saturated heterocycles. The lowest BCUT2D eigenvalue weighted by molar-refractivity contribution is 0.443. The van der Waals surface area contributed by atoms with E-state index in [9.17, 15) is 0 Å². The highest BCUT2D eigenvalue weighted by atomic mass is 15.2. The third-order valence-corrected chi connectivity index (χ3v) is 16.3. The second-order valence-electron chi connectivity index (χ2n) is 20.2. The maximum Gasteiger partial charge on any atom is 0.0726 e. The molecule has 1 spiro atoms. The van der Waals surface area contributed by atoms with Crippen LogP contribution >= 0.6 is 0 Å². The average Bonchev–Trinajstić information content (AvgIpc) is 3.94. The molecule has 14 rings (SSSR count). The molecule has 0 aromatic heterocycles. The minimum atomic E-state index is -0.433. The van der Waals surface area contributed by atoms with Crippen LogP contribution in [0.25, 0.3) is 55.3 Å². The lowest BCUT2D eigenvalue weighted by atomic mass is 9.70. The molecule has 0 radical (unpaired) electrons. The fraction of sp³-hybridized carbons (Fsp3) is 0.0986. The van der Waals surface area contributed by atoms with Gasteiger partial charge in [-0.2, -0.15) is 0 Å². The molecule has 0 aliphatic heterocycles. The molecule has 73 heavy (non-hydrogen) atoms. The smallest absolute Gasteiger partial charge is 0.0726 e. The highest BCUT2D eigenvalue weighted by Crippen LogP contribution is 2.64. The summed E-state index contributed by atoms with van der Waals surface area (Å²) < 4.78 is 0. The van der Waals surface area contributed by atoms with Gasteiger partial charge in [0.05, 0.1) is 16.8 Å². The predicted molar refractivity (Wildman–Crippen MR) is 306 cm³/mol. The molecule has 2 nitrogen and oxygen atoms in total. The van der Waals surface area contributed by atoms with Gasteiger partial charge in [-0.1, -0.05) is 219 Å². The number of para-hydroxylation sites is 1. The molecule has 0 atom stereocenters. The standard InChI is InChI=1S/C71H54N2/c1-4-20-49(21-5-1)50-38-43-57(44-39-50)73(67-37-19-36-66-70(67)62-32-14-17-35-65(62)71(66)63-33-15-12-30-60(63)61-31-13-16-34-64(61)71)58-28-18-25-54(48-58)51-40-45-56(46-41-51)72(55-26-8-3-9-27-55)68-47-42-52-22-10-11-29-59(52)69(68)53-23-6-2-7-24-53/h2-3,6-19,22-49H,1,4-5,20-21H2. The van der Waals surface area contributed by atoms with Crippen LogP contribution in [0, 0.1) is 0 Å². The maximum absolute atomic E-state index is 2.53. The van der Waals surface area contributed by atoms with Crippen LogP contribution in [0.15, 0.2) is 261 Å². The Kier molecular flexibility index (Phi) is 10.5. The zero-order valence-electron chi connectivity index (χ0n) is 40.8. The van der Waals surface area contributed by atoms with E-state index >= 15 is 0 Å². The van der Waals surface area contributed by atoms with Gasteiger partial charge in [-0.3, -0.25) is 0 Å². The van der Waals surface area contributed by atoms with Crippen molar-refractivity contribution >= 4 is 44.9 Å². The van der Waals surface area contributed by atoms with Crippen LogP contribution in [0.5, 0.6) is 0 Å². The summed E-state index contributed by atoms with van der Waals surface area (Å²) in [6.45, 7) is 0. The van der Waals surface area contributed by atoms with Crippen molar-refractivity contribution < 1.29 is 0 Å². The van der Waals surface area contributed by atoms with Crippen molar-refractivity contribution in [3.63, 3.8) is 0 Å². The Labute approximate surface area is 429 Å². The molecule has 0 heterocycles. The number of benzene rings is 11. The van der Waals surface area contributed by atoms with Crippen LogP contribution in [-0.2, 0) is 5.41 Å². The summed E-state index contributed by atoms with van der Waals surface area (Å²) >= 11 is 0. The van der Waals surface area contributed by atoms with Crippen molar-refractivity contribution in [2.45, 2.75) is 43.4 Å². The van der Waals surface area contributed by atoms with E-state index in [1.54, 1.807) is 0 Å². The van der Waals surface area contributed by atoms with E-state index in [2.05, 4.69) is 271 Å². The summed E-state index contributed by atoms with van der Waals surface area (Å²) in [4.78, 5) is 4.95. The van der Waals surface area contributed by atoms with Gasteiger partial charge < -0.3 is 9.80 Å². The molecule has 11 aromatic carbocycles. The van der Waals surface area contributed by atoms with Crippen molar-refractivity contribution in [3.8, 4) is 44.5 Å². The number of hydrogen-bond donors (Lipinski definition) is 0. The first-order chi connectivity index (χ1) is 36.2. The van der Waals surface area contributed by atoms with Crippen molar-refractivity contribution in [1.82, 2.24) is 0 Å². The van der Waals surface area contributed by atoms with Gasteiger partial charge in [0, 0.05) is 33.9 Å². The molecule has 11 aromatic rings. The lowest BCUT2D eigenvalue weighted by Crippen LogP contribution is -2.26. The monoisotopic (exact) mass is 934 g/mol. The first-order valence-corrected chi connectivity index (χ1v) is 26.2. The third kappa shape index (κ3) is 7.00. The molecule has 348 valence electrons. The van der Waals surface area contributed by atoms with Crippen LogP contribution in [0.4, 0.5) is 34.1 Å². The van der Waals surface area contributed by atoms with E-state index in [0.717, 1.165) is 39.6 Å². The highest BCUT2D eigenvalue weighted by molar-refractivity contribution is 6.06. The zero-order chi connectivity index (χ0) is 48.3. The van der Waals surface area contributed by atoms with Gasteiger partial charge in [-0.25, -0.2) is 0 Å². The molecule has 3 aliphatic carbocycles. The van der Waals surface area contributed by atoms with Crippen LogP contribution in [0.1, 0.15) is 65.8 Å². The first-order valence-electron chi connectivity index (χ1n) is 26.2. The second kappa shape index (κ2) is 17.8. The molecule has 3 aliphatic rings. The van der Waals surface area contributed by atoms with E-state index in [1.165, 1.54) is 110 Å². The van der Waals surface area contributed by atoms with E-state index < -0.39 is 5.41 Å². The van der Waals surface area contributed by atoms with Gasteiger partial charge in [0.1, 0.15) is 0 Å². The highest BCUT2D eigenvalue weighted by Gasteiger charge is 2.52. The summed E-state index contributed by atoms with van der Waals surface area (Å²) in [6, 6.07) is 97.3. The molecule has 0 amide bonds. The topological polar surface area (TPSA) is 6.48 Å². The van der Waals surface area contributed by atoms with Crippen molar-refractivity contribution in [2.24, 2.45) is 0 Å². The number of nitrogens with zero attached hydrogens (tertiary/aromatic N) is 2. The molecule has 1 saturated carbocycles. The third-order valence-electron chi connectivity index (χ3n) is 16.3. The molecular weight excluding hydrogens is 881 g/mol. The fourth-order valence-corrected chi connectivity index (χ4v) is 13.1. The first kappa shape index (κ1) is 43.1. The van der Waals surface area contributed by atoms with Crippen molar-refractivity contribution in [2.75, 3.05) is 9.80 Å². The van der Waals surface area contributed by atoms with E-state index in [0.29, 0.717) is 5.92 Å². The second-order valence-corrected chi connectivity index (χ2v) is 20.2. The summed E-state index contributed by atoms with van der Waals surface area (Å²) in [5.74, 6) is 0.627. The molecule has 2 heteroatoms. The lowest BCUT2D eigenvalue weighted by Gasteiger charge is -2.32. The quantitative estimate of drug-likeness (QED) is 0.142. The maximum atomic E-state index is 2.53. The Bertz CT molecular complexity index is 3780. The Hall–Kier alpha value is -8.72. The Morgan fingerprint density at radius 1 is 0.315 bits per heavy atom. The van der Waals surface area contributed by atoms with Crippen molar-refractivity contribution in [1.29, 1.82) is 0 Å². The predicted octanol–water partition coefficient (Wildman–Crippen LogP) is 19.5. The van der Waals surface area contributed by atoms with Gasteiger partial charge in [0.15, 0.2) is 0 Å². The largest absolute Gasteiger partial charge is 0.310 e. The van der Waals surface area contributed by atoms with Gasteiger partial charge in [0.2, 0.25) is 0 Å². The SMILES string of the molecule is c1ccc(-c2c(N(c3ccccc3)c3ccc(-c4cccc(N(c5ccc(C6CCCCC6)cc5)c5cccc6c5-c5ccccc5C65c6ccccc6-c6ccccc65)c4)cc3)ccc3ccccc23)cc1. The fourth-order valence-electron chi connectivity index (χ4n) is 13.1. The van der Waals surface area contributed by atoms with Gasteiger partial charge in [-0.05, 0) is 151 Å². The van der Waals surface area contributed by atoms with Crippen LogP contribution in [-0.4, -0.2) is 0 Å². The van der Waals surface area contributed by atoms with Gasteiger partial charge >= 0.3 is 0 Å². The number of hydrogen-bond acceptors (Lipinski definition) is 2. The Morgan fingerprint density at radius 3 is 1.53 bits per heavy atom. The molecule has 0 unspecified atom stereocenters. The van der Waals surface area contributed by atoms with Crippen LogP contribution < -0.4 is 9.80 Å². The minimum absolute atomic E-state index is 0.433. The Morgan fingerprint density at radius 2 is 0.822 bits per heavy atom. The van der Waals surface area contributed by atoms with E-state index in [1.807, 2.05) is 0 Å². The summed E-state index contributed by atoms with van der Waals surface area (Å²) in [6.07, 6.45) is 6.54. The molecule has 0 N–H and O–H groups in total. The number of anilines is 6. The summed E-state index contributed by atoms with van der Waals surface area (Å²) in [5.41, 5.74) is 23.2. The zero-order valence-corrected chi connectivity index (χ0v) is 40.8. The summed E-state index contributed by atoms with van der Waals surface area (Å²) in [7, 11) is 0.